The van der Waals surface area contributed by atoms with E-state index in [1.807, 2.05) is 43.3 Å². The zero-order valence-corrected chi connectivity index (χ0v) is 20.3. The summed E-state index contributed by atoms with van der Waals surface area (Å²) < 4.78 is 15.1. The van der Waals surface area contributed by atoms with Gasteiger partial charge in [0.05, 0.1) is 22.3 Å². The molecule has 0 aliphatic heterocycles. The number of hydrogen-bond acceptors (Lipinski definition) is 4. The van der Waals surface area contributed by atoms with Gasteiger partial charge >= 0.3 is 0 Å². The number of hydrogen-bond donors (Lipinski definition) is 0. The summed E-state index contributed by atoms with van der Waals surface area (Å²) in [6, 6.07) is 31.0. The highest BCUT2D eigenvalue weighted by atomic mass is 16.3. The fraction of sp³-hybridized carbons (Fsp3) is 0.0625. The van der Waals surface area contributed by atoms with Crippen LogP contribution in [0.4, 0.5) is 0 Å². The maximum atomic E-state index is 6.49. The summed E-state index contributed by atoms with van der Waals surface area (Å²) in [5, 5.41) is 4.26. The monoisotopic (exact) mass is 479 g/mol. The van der Waals surface area contributed by atoms with Crippen LogP contribution in [0.5, 0.6) is 0 Å². The van der Waals surface area contributed by atoms with Crippen LogP contribution < -0.4 is 0 Å². The summed E-state index contributed by atoms with van der Waals surface area (Å²) in [6.07, 6.45) is 0. The van der Waals surface area contributed by atoms with Gasteiger partial charge in [0.1, 0.15) is 17.0 Å². The van der Waals surface area contributed by atoms with Crippen LogP contribution in [0.1, 0.15) is 11.3 Å². The highest BCUT2D eigenvalue weighted by Gasteiger charge is 2.23. The first-order chi connectivity index (χ1) is 18.2. The third kappa shape index (κ3) is 2.79. The summed E-state index contributed by atoms with van der Waals surface area (Å²) in [4.78, 5) is 9.76. The molecule has 0 fully saturated rings. The number of furan rings is 2. The molecule has 176 valence electrons. The number of fused-ring (bicyclic) bond motifs is 7. The first-order valence-corrected chi connectivity index (χ1v) is 12.4. The Hall–Kier alpha value is -4.90. The van der Waals surface area contributed by atoms with Crippen LogP contribution >= 0.6 is 0 Å². The summed E-state index contributed by atoms with van der Waals surface area (Å²) in [5.41, 5.74) is 9.01. The summed E-state index contributed by atoms with van der Waals surface area (Å²) in [7, 11) is 0. The normalized spacial score (nSPS) is 12.1. The van der Waals surface area contributed by atoms with Crippen LogP contribution in [0.2, 0.25) is 0 Å². The van der Waals surface area contributed by atoms with Crippen LogP contribution in [0.25, 0.3) is 72.1 Å². The second kappa shape index (κ2) is 7.31. The summed E-state index contributed by atoms with van der Waals surface area (Å²) >= 11 is 0. The van der Waals surface area contributed by atoms with Gasteiger partial charge in [-0.3, -0.25) is 4.57 Å². The maximum Gasteiger partial charge on any atom is 0.227 e. The number of nitrogens with zero attached hydrogens (tertiary/aromatic N) is 3. The lowest BCUT2D eigenvalue weighted by Crippen LogP contribution is -1.99. The van der Waals surface area contributed by atoms with Gasteiger partial charge in [-0.25, -0.2) is 9.97 Å². The van der Waals surface area contributed by atoms with E-state index in [-0.39, 0.29) is 0 Å². The molecule has 4 aromatic heterocycles. The molecule has 0 radical (unpaired) electrons. The minimum Gasteiger partial charge on any atom is -0.454 e. The van der Waals surface area contributed by atoms with E-state index in [0.29, 0.717) is 5.71 Å². The van der Waals surface area contributed by atoms with Gasteiger partial charge in [0.25, 0.3) is 0 Å². The molecule has 4 heterocycles. The highest BCUT2D eigenvalue weighted by Crippen LogP contribution is 2.40. The van der Waals surface area contributed by atoms with E-state index < -0.39 is 0 Å². The molecule has 0 saturated heterocycles. The lowest BCUT2D eigenvalue weighted by Gasteiger charge is -2.11. The lowest BCUT2D eigenvalue weighted by atomic mass is 10.1. The molecule has 8 rings (SSSR count). The third-order valence-corrected chi connectivity index (χ3v) is 7.26. The van der Waals surface area contributed by atoms with Gasteiger partial charge in [-0.05, 0) is 61.9 Å². The molecule has 0 spiro atoms. The largest absolute Gasteiger partial charge is 0.454 e. The molecule has 4 aromatic carbocycles. The number of rotatable bonds is 2. The predicted molar refractivity (Wildman–Crippen MR) is 148 cm³/mol. The molecule has 37 heavy (non-hydrogen) atoms. The molecular formula is C32H21N3O2. The molecule has 0 bridgehead atoms. The molecule has 0 aliphatic carbocycles. The van der Waals surface area contributed by atoms with Crippen LogP contribution in [-0.2, 0) is 0 Å². The van der Waals surface area contributed by atoms with E-state index in [0.717, 1.165) is 72.1 Å². The van der Waals surface area contributed by atoms with Crippen molar-refractivity contribution in [2.24, 2.45) is 0 Å². The number of aryl methyl sites for hydroxylation is 2. The Kier molecular flexibility index (Phi) is 4.01. The van der Waals surface area contributed by atoms with E-state index in [1.165, 1.54) is 5.56 Å². The van der Waals surface area contributed by atoms with Crippen molar-refractivity contribution < 1.29 is 8.83 Å². The highest BCUT2D eigenvalue weighted by molar-refractivity contribution is 6.11. The van der Waals surface area contributed by atoms with E-state index in [9.17, 15) is 0 Å². The molecule has 5 nitrogen and oxygen atoms in total. The number of benzene rings is 4. The van der Waals surface area contributed by atoms with Crippen LogP contribution in [0, 0.1) is 13.8 Å². The Morgan fingerprint density at radius 1 is 0.649 bits per heavy atom. The minimum atomic E-state index is 0.639. The van der Waals surface area contributed by atoms with Crippen molar-refractivity contribution in [2.75, 3.05) is 0 Å². The van der Waals surface area contributed by atoms with Crippen LogP contribution in [-0.4, -0.2) is 14.5 Å². The Morgan fingerprint density at radius 2 is 1.49 bits per heavy atom. The van der Waals surface area contributed by atoms with E-state index in [1.54, 1.807) is 0 Å². The quantitative estimate of drug-likeness (QED) is 0.249. The number of pyridine rings is 1. The van der Waals surface area contributed by atoms with Crippen LogP contribution in [0.3, 0.4) is 0 Å². The van der Waals surface area contributed by atoms with E-state index in [2.05, 4.69) is 71.1 Å². The fourth-order valence-corrected chi connectivity index (χ4v) is 5.55. The second-order valence-corrected chi connectivity index (χ2v) is 9.55. The maximum absolute atomic E-state index is 6.49. The van der Waals surface area contributed by atoms with Gasteiger partial charge in [0, 0.05) is 27.2 Å². The van der Waals surface area contributed by atoms with Crippen molar-refractivity contribution in [1.29, 1.82) is 0 Å². The number of aromatic nitrogens is 3. The predicted octanol–water partition coefficient (Wildman–Crippen LogP) is 8.50. The first-order valence-electron chi connectivity index (χ1n) is 12.4. The zero-order valence-electron chi connectivity index (χ0n) is 20.3. The molecule has 0 atom stereocenters. The van der Waals surface area contributed by atoms with Crippen molar-refractivity contribution in [2.45, 2.75) is 13.8 Å². The molecule has 0 saturated carbocycles. The van der Waals surface area contributed by atoms with Gasteiger partial charge in [0.15, 0.2) is 5.58 Å². The van der Waals surface area contributed by atoms with Gasteiger partial charge < -0.3 is 8.83 Å². The molecule has 8 aromatic rings. The van der Waals surface area contributed by atoms with Crippen molar-refractivity contribution in [3.8, 4) is 17.1 Å². The van der Waals surface area contributed by atoms with Crippen molar-refractivity contribution in [3.05, 3.63) is 102 Å². The minimum absolute atomic E-state index is 0.639. The van der Waals surface area contributed by atoms with Gasteiger partial charge in [0.2, 0.25) is 5.71 Å². The Balaban J connectivity index is 1.51. The Labute approximate surface area is 211 Å². The smallest absolute Gasteiger partial charge is 0.227 e. The second-order valence-electron chi connectivity index (χ2n) is 9.55. The lowest BCUT2D eigenvalue weighted by molar-refractivity contribution is 0.653. The van der Waals surface area contributed by atoms with E-state index in [4.69, 9.17) is 13.8 Å². The van der Waals surface area contributed by atoms with Crippen LogP contribution in [0.15, 0.2) is 99.8 Å². The average molecular weight is 480 g/mol. The molecular weight excluding hydrogens is 458 g/mol. The fourth-order valence-electron chi connectivity index (χ4n) is 5.55. The van der Waals surface area contributed by atoms with Gasteiger partial charge in [-0.1, -0.05) is 48.5 Å². The summed E-state index contributed by atoms with van der Waals surface area (Å²) in [5.74, 6) is 0.799. The van der Waals surface area contributed by atoms with Crippen molar-refractivity contribution in [3.63, 3.8) is 0 Å². The third-order valence-electron chi connectivity index (χ3n) is 7.26. The molecule has 0 amide bonds. The Bertz CT molecular complexity index is 2180. The Morgan fingerprint density at radius 3 is 2.43 bits per heavy atom. The SMILES string of the molecule is Cc1ccc2c(n1)oc1c(-c3nc4ccccc4n3-c3ccc(C)c4c3oc3ccccc34)cccc12. The standard InChI is InChI=1S/C32H21N3O2/c1-18-14-17-26(30-28(18)22-8-3-6-13-27(22)36-30)35-25-12-5-4-11-24(25)34-31(35)23-10-7-9-20-21-16-15-19(2)33-32(21)37-29(20)23/h3-17H,1-2H3. The topological polar surface area (TPSA) is 57.0 Å². The molecule has 0 N–H and O–H groups in total. The van der Waals surface area contributed by atoms with Crippen molar-refractivity contribution in [1.82, 2.24) is 14.5 Å². The number of imidazole rings is 1. The zero-order chi connectivity index (χ0) is 24.7. The summed E-state index contributed by atoms with van der Waals surface area (Å²) in [6.45, 7) is 4.11. The first kappa shape index (κ1) is 20.3. The average Bonchev–Trinajstić information content (AvgIpc) is 3.60. The number of para-hydroxylation sites is 4. The molecule has 5 heteroatoms. The van der Waals surface area contributed by atoms with Crippen molar-refractivity contribution >= 4 is 55.0 Å². The molecule has 0 unspecified atom stereocenters. The van der Waals surface area contributed by atoms with E-state index >= 15 is 0 Å². The van der Waals surface area contributed by atoms with Gasteiger partial charge in [-0.15, -0.1) is 0 Å². The molecule has 0 aliphatic rings. The van der Waals surface area contributed by atoms with Gasteiger partial charge in [-0.2, -0.15) is 0 Å².